The van der Waals surface area contributed by atoms with Gasteiger partial charge < -0.3 is 0 Å². The van der Waals surface area contributed by atoms with Gasteiger partial charge in [0.05, 0.1) is 9.64 Å². The fraction of sp³-hybridized carbons (Fsp3) is 0.500. The van der Waals surface area contributed by atoms with Crippen LogP contribution in [0.2, 0.25) is 0 Å². The van der Waals surface area contributed by atoms with Crippen molar-refractivity contribution in [1.29, 1.82) is 0 Å². The average Bonchev–Trinajstić information content (AvgIpc) is 2.00. The molecule has 0 N–H and O–H groups in total. The highest BCUT2D eigenvalue weighted by molar-refractivity contribution is 7.92. The fourth-order valence-corrected chi connectivity index (χ4v) is 3.13. The van der Waals surface area contributed by atoms with Gasteiger partial charge in [0, 0.05) is 0 Å². The third-order valence-corrected chi connectivity index (χ3v) is 5.28. The highest BCUT2D eigenvalue weighted by Crippen LogP contribution is 2.29. The van der Waals surface area contributed by atoms with E-state index in [4.69, 9.17) is 0 Å². The molecule has 0 aliphatic rings. The fourth-order valence-electron chi connectivity index (χ4n) is 1.53. The Morgan fingerprint density at radius 3 is 1.73 bits per heavy atom. The van der Waals surface area contributed by atoms with Gasteiger partial charge in [-0.25, -0.2) is 8.42 Å². The smallest absolute Gasteiger partial charge is 0.183 e. The van der Waals surface area contributed by atoms with Gasteiger partial charge >= 0.3 is 0 Å². The van der Waals surface area contributed by atoms with Crippen LogP contribution < -0.4 is 0 Å². The molecular weight excluding hydrogens is 208 g/mol. The lowest BCUT2D eigenvalue weighted by atomic mass is 10.2. The highest BCUT2D eigenvalue weighted by atomic mass is 32.2. The minimum absolute atomic E-state index is 0.484. The molecule has 0 bridgehead atoms. The average molecular weight is 226 g/mol. The van der Waals surface area contributed by atoms with Crippen LogP contribution in [0.3, 0.4) is 0 Å². The van der Waals surface area contributed by atoms with E-state index in [2.05, 4.69) is 0 Å². The van der Waals surface area contributed by atoms with E-state index >= 15 is 0 Å². The maximum absolute atomic E-state index is 12.3. The van der Waals surface area contributed by atoms with E-state index in [0.29, 0.717) is 4.90 Å². The molecule has 0 saturated heterocycles. The molecule has 0 radical (unpaired) electrons. The van der Waals surface area contributed by atoms with E-state index in [1.807, 2.05) is 32.0 Å². The van der Waals surface area contributed by atoms with Crippen LogP contribution in [0.25, 0.3) is 0 Å². The van der Waals surface area contributed by atoms with E-state index in [9.17, 15) is 8.42 Å². The van der Waals surface area contributed by atoms with Gasteiger partial charge in [-0.15, -0.1) is 0 Å². The summed E-state index contributed by atoms with van der Waals surface area (Å²) in [6, 6.07) is 5.56. The topological polar surface area (TPSA) is 34.1 Å². The van der Waals surface area contributed by atoms with E-state index < -0.39 is 14.6 Å². The van der Waals surface area contributed by atoms with Crippen LogP contribution in [0.1, 0.15) is 31.9 Å². The minimum Gasteiger partial charge on any atom is -0.223 e. The molecule has 0 unspecified atom stereocenters. The second-order valence-corrected chi connectivity index (χ2v) is 7.48. The Bertz CT molecular complexity index is 445. The highest BCUT2D eigenvalue weighted by Gasteiger charge is 2.32. The molecule has 0 spiro atoms. The summed E-state index contributed by atoms with van der Waals surface area (Å²) in [5.74, 6) is 0. The first-order valence-electron chi connectivity index (χ1n) is 4.99. The molecule has 0 atom stereocenters. The normalized spacial score (nSPS) is 12.9. The summed E-state index contributed by atoms with van der Waals surface area (Å²) in [5.41, 5.74) is 1.65. The monoisotopic (exact) mass is 226 g/mol. The van der Waals surface area contributed by atoms with Crippen molar-refractivity contribution < 1.29 is 8.42 Å². The number of hydrogen-bond donors (Lipinski definition) is 0. The molecule has 15 heavy (non-hydrogen) atoms. The number of rotatable bonds is 1. The van der Waals surface area contributed by atoms with Gasteiger partial charge in [-0.3, -0.25) is 0 Å². The van der Waals surface area contributed by atoms with E-state index in [-0.39, 0.29) is 0 Å². The molecule has 0 fully saturated rings. The van der Waals surface area contributed by atoms with Crippen LogP contribution in [0.15, 0.2) is 23.1 Å². The van der Waals surface area contributed by atoms with Crippen molar-refractivity contribution >= 4 is 9.84 Å². The van der Waals surface area contributed by atoms with Gasteiger partial charge in [-0.05, 0) is 45.7 Å². The van der Waals surface area contributed by atoms with Crippen molar-refractivity contribution in [3.05, 3.63) is 29.3 Å². The molecule has 1 rings (SSSR count). The van der Waals surface area contributed by atoms with Gasteiger partial charge in [0.1, 0.15) is 0 Å². The third-order valence-electron chi connectivity index (χ3n) is 2.48. The zero-order chi connectivity index (χ0) is 11.9. The molecule has 1 aromatic rings. The summed E-state index contributed by atoms with van der Waals surface area (Å²) in [7, 11) is -3.24. The predicted molar refractivity (Wildman–Crippen MR) is 62.9 cm³/mol. The molecule has 2 nitrogen and oxygen atoms in total. The lowest BCUT2D eigenvalue weighted by Crippen LogP contribution is -2.29. The van der Waals surface area contributed by atoms with Crippen LogP contribution >= 0.6 is 0 Å². The van der Waals surface area contributed by atoms with Crippen LogP contribution in [-0.2, 0) is 9.84 Å². The summed E-state index contributed by atoms with van der Waals surface area (Å²) in [4.78, 5) is 0.484. The molecule has 3 heteroatoms. The lowest BCUT2D eigenvalue weighted by molar-refractivity contribution is 0.559. The maximum atomic E-state index is 12.3. The molecule has 0 aliphatic heterocycles. The molecule has 0 saturated carbocycles. The van der Waals surface area contributed by atoms with Crippen molar-refractivity contribution in [2.75, 3.05) is 0 Å². The number of benzene rings is 1. The van der Waals surface area contributed by atoms with Gasteiger partial charge in [0.2, 0.25) is 0 Å². The largest absolute Gasteiger partial charge is 0.223 e. The summed E-state index contributed by atoms with van der Waals surface area (Å²) < 4.78 is 23.8. The minimum atomic E-state index is -3.24. The SMILES string of the molecule is Cc1cccc(C)c1S(=O)(=O)C(C)(C)C. The second-order valence-electron chi connectivity index (χ2n) is 4.84. The first-order valence-corrected chi connectivity index (χ1v) is 6.47. The quantitative estimate of drug-likeness (QED) is 0.738. The Morgan fingerprint density at radius 2 is 1.40 bits per heavy atom. The maximum Gasteiger partial charge on any atom is 0.183 e. The van der Waals surface area contributed by atoms with Gasteiger partial charge in [-0.1, -0.05) is 18.2 Å². The van der Waals surface area contributed by atoms with Gasteiger partial charge in [0.25, 0.3) is 0 Å². The van der Waals surface area contributed by atoms with E-state index in [0.717, 1.165) is 11.1 Å². The van der Waals surface area contributed by atoms with Crippen molar-refractivity contribution in [3.63, 3.8) is 0 Å². The van der Waals surface area contributed by atoms with Crippen molar-refractivity contribution in [1.82, 2.24) is 0 Å². The number of hydrogen-bond acceptors (Lipinski definition) is 2. The molecule has 84 valence electrons. The Kier molecular flexibility index (Phi) is 2.97. The van der Waals surface area contributed by atoms with E-state index in [1.54, 1.807) is 20.8 Å². The first-order chi connectivity index (χ1) is 6.68. The molecule has 0 aliphatic carbocycles. The number of sulfone groups is 1. The zero-order valence-corrected chi connectivity index (χ0v) is 10.8. The summed E-state index contributed by atoms with van der Waals surface area (Å²) in [6.07, 6.45) is 0. The Balaban J connectivity index is 3.55. The van der Waals surface area contributed by atoms with Crippen molar-refractivity contribution in [3.8, 4) is 0 Å². The Labute approximate surface area is 92.2 Å². The predicted octanol–water partition coefficient (Wildman–Crippen LogP) is 2.88. The zero-order valence-electron chi connectivity index (χ0n) is 9.96. The van der Waals surface area contributed by atoms with Crippen LogP contribution in [0.5, 0.6) is 0 Å². The van der Waals surface area contributed by atoms with Crippen LogP contribution in [0, 0.1) is 13.8 Å². The third kappa shape index (κ3) is 2.07. The molecule has 0 heterocycles. The lowest BCUT2D eigenvalue weighted by Gasteiger charge is -2.22. The molecule has 0 amide bonds. The van der Waals surface area contributed by atoms with Gasteiger partial charge in [-0.2, -0.15) is 0 Å². The van der Waals surface area contributed by atoms with Crippen molar-refractivity contribution in [2.45, 2.75) is 44.3 Å². The van der Waals surface area contributed by atoms with Crippen LogP contribution in [-0.4, -0.2) is 13.2 Å². The molecule has 0 aromatic heterocycles. The van der Waals surface area contributed by atoms with Gasteiger partial charge in [0.15, 0.2) is 9.84 Å². The Hall–Kier alpha value is -0.830. The summed E-state index contributed by atoms with van der Waals surface area (Å²) in [5, 5.41) is 0. The standard InChI is InChI=1S/C12H18O2S/c1-9-7-6-8-10(2)11(9)15(13,14)12(3,4)5/h6-8H,1-5H3. The first kappa shape index (κ1) is 12.2. The number of aryl methyl sites for hydroxylation is 2. The van der Waals surface area contributed by atoms with Crippen LogP contribution in [0.4, 0.5) is 0 Å². The summed E-state index contributed by atoms with van der Waals surface area (Å²) in [6.45, 7) is 8.87. The van der Waals surface area contributed by atoms with Crippen molar-refractivity contribution in [2.24, 2.45) is 0 Å². The Morgan fingerprint density at radius 1 is 1.00 bits per heavy atom. The molecular formula is C12H18O2S. The summed E-state index contributed by atoms with van der Waals surface area (Å²) >= 11 is 0. The second kappa shape index (κ2) is 3.63. The van der Waals surface area contributed by atoms with E-state index in [1.165, 1.54) is 0 Å². The molecule has 1 aromatic carbocycles.